The lowest BCUT2D eigenvalue weighted by atomic mass is 10.2. The molecule has 0 saturated heterocycles. The number of aryl methyl sites for hydroxylation is 1. The van der Waals surface area contributed by atoms with Crippen molar-refractivity contribution in [2.24, 2.45) is 0 Å². The van der Waals surface area contributed by atoms with Crippen LogP contribution in [0.15, 0.2) is 24.7 Å². The van der Waals surface area contributed by atoms with Crippen molar-refractivity contribution in [2.75, 3.05) is 36.9 Å². The van der Waals surface area contributed by atoms with Crippen LogP contribution in [0, 0.1) is 0 Å². The zero-order chi connectivity index (χ0) is 24.1. The minimum atomic E-state index is -3.80. The van der Waals surface area contributed by atoms with Crippen molar-refractivity contribution >= 4 is 27.6 Å². The summed E-state index contributed by atoms with van der Waals surface area (Å²) >= 11 is 5.78. The van der Waals surface area contributed by atoms with Gasteiger partial charge in [0.05, 0.1) is 35.6 Å². The van der Waals surface area contributed by atoms with E-state index in [-0.39, 0.29) is 31.3 Å². The molecule has 182 valence electrons. The van der Waals surface area contributed by atoms with Crippen LogP contribution in [0.3, 0.4) is 0 Å². The summed E-state index contributed by atoms with van der Waals surface area (Å²) in [5.41, 5.74) is 0.588. The molecule has 0 radical (unpaired) electrons. The van der Waals surface area contributed by atoms with Gasteiger partial charge in [-0.25, -0.2) is 23.4 Å². The second-order valence-electron chi connectivity index (χ2n) is 7.26. The SMILES string of the molecule is CCOC[C@H]1COc2c(ccnc2OCC)-c2nnc(NS(=O)(=O)CCc3ncc(Cl)cn3)n21. The molecule has 14 heteroatoms. The van der Waals surface area contributed by atoms with Crippen molar-refractivity contribution in [1.82, 2.24) is 29.7 Å². The van der Waals surface area contributed by atoms with Gasteiger partial charge in [0.1, 0.15) is 12.4 Å². The Morgan fingerprint density at radius 1 is 1.21 bits per heavy atom. The third kappa shape index (κ3) is 5.37. The topological polar surface area (TPSA) is 143 Å². The van der Waals surface area contributed by atoms with Crippen molar-refractivity contribution in [3.8, 4) is 23.0 Å². The van der Waals surface area contributed by atoms with Crippen LogP contribution in [-0.2, 0) is 21.2 Å². The molecule has 1 aliphatic rings. The molecule has 4 rings (SSSR count). The summed E-state index contributed by atoms with van der Waals surface area (Å²) in [5, 5.41) is 8.76. The van der Waals surface area contributed by atoms with E-state index in [4.69, 9.17) is 25.8 Å². The highest BCUT2D eigenvalue weighted by Crippen LogP contribution is 2.40. The maximum atomic E-state index is 12.8. The zero-order valence-corrected chi connectivity index (χ0v) is 20.2. The Kier molecular flexibility index (Phi) is 7.44. The second-order valence-corrected chi connectivity index (χ2v) is 9.53. The van der Waals surface area contributed by atoms with Crippen molar-refractivity contribution in [3.63, 3.8) is 0 Å². The van der Waals surface area contributed by atoms with Gasteiger partial charge in [-0.2, -0.15) is 0 Å². The minimum Gasteiger partial charge on any atom is -0.485 e. The molecule has 0 aliphatic carbocycles. The molecule has 0 spiro atoms. The predicted molar refractivity (Wildman–Crippen MR) is 124 cm³/mol. The van der Waals surface area contributed by atoms with Crippen LogP contribution in [-0.4, -0.2) is 70.3 Å². The maximum absolute atomic E-state index is 12.8. The number of rotatable bonds is 10. The quantitative estimate of drug-likeness (QED) is 0.431. The molecule has 1 atom stereocenters. The first kappa shape index (κ1) is 24.1. The standard InChI is InChI=1S/C20H24ClN7O5S/c1-3-31-11-14-12-33-17-15(5-7-22-19(17)32-4-2)18-25-26-20(28(14)18)27-34(29,30)8-6-16-23-9-13(21)10-24-16/h5,7,9-10,14H,3-4,6,8,11-12H2,1-2H3,(H,26,27)/t14-/m0/s1. The van der Waals surface area contributed by atoms with Gasteiger partial charge in [0.2, 0.25) is 16.0 Å². The van der Waals surface area contributed by atoms with Crippen LogP contribution < -0.4 is 14.2 Å². The Balaban J connectivity index is 1.64. The molecule has 12 nitrogen and oxygen atoms in total. The number of hydrogen-bond acceptors (Lipinski definition) is 10. The number of nitrogens with one attached hydrogen (secondary N) is 1. The summed E-state index contributed by atoms with van der Waals surface area (Å²) in [7, 11) is -3.80. The average Bonchev–Trinajstić information content (AvgIpc) is 3.14. The smallest absolute Gasteiger partial charge is 0.257 e. The summed E-state index contributed by atoms with van der Waals surface area (Å²) in [6.45, 7) is 5.05. The number of hydrogen-bond donors (Lipinski definition) is 1. The van der Waals surface area contributed by atoms with Gasteiger partial charge in [0.15, 0.2) is 11.6 Å². The van der Waals surface area contributed by atoms with Crippen LogP contribution in [0.1, 0.15) is 25.7 Å². The molecule has 34 heavy (non-hydrogen) atoms. The molecule has 0 unspecified atom stereocenters. The van der Waals surface area contributed by atoms with Gasteiger partial charge in [-0.15, -0.1) is 10.2 Å². The predicted octanol–water partition coefficient (Wildman–Crippen LogP) is 2.14. The molecule has 0 fully saturated rings. The lowest BCUT2D eigenvalue weighted by Gasteiger charge is -2.19. The normalized spacial score (nSPS) is 15.1. The van der Waals surface area contributed by atoms with Gasteiger partial charge >= 0.3 is 0 Å². The van der Waals surface area contributed by atoms with Gasteiger partial charge in [-0.1, -0.05) is 11.6 Å². The minimum absolute atomic E-state index is 0.0583. The summed E-state index contributed by atoms with van der Waals surface area (Å²) in [6, 6.07) is 1.32. The van der Waals surface area contributed by atoms with Gasteiger partial charge in [0.25, 0.3) is 5.88 Å². The molecule has 0 saturated carbocycles. The van der Waals surface area contributed by atoms with Crippen LogP contribution >= 0.6 is 11.6 Å². The van der Waals surface area contributed by atoms with Crippen LogP contribution in [0.25, 0.3) is 11.4 Å². The number of aromatic nitrogens is 6. The Labute approximate surface area is 201 Å². The monoisotopic (exact) mass is 509 g/mol. The van der Waals surface area contributed by atoms with E-state index in [0.29, 0.717) is 47.1 Å². The third-order valence-electron chi connectivity index (χ3n) is 4.90. The van der Waals surface area contributed by atoms with E-state index in [1.807, 2.05) is 13.8 Å². The summed E-state index contributed by atoms with van der Waals surface area (Å²) in [5.74, 6) is 1.34. The first-order chi connectivity index (χ1) is 16.4. The Hall–Kier alpha value is -3.03. The van der Waals surface area contributed by atoms with Crippen molar-refractivity contribution < 1.29 is 22.6 Å². The molecule has 1 N–H and O–H groups in total. The fraction of sp³-hybridized carbons (Fsp3) is 0.450. The molecule has 4 heterocycles. The third-order valence-corrected chi connectivity index (χ3v) is 6.33. The molecule has 3 aromatic heterocycles. The molecule has 1 aliphatic heterocycles. The van der Waals surface area contributed by atoms with E-state index in [1.165, 1.54) is 12.4 Å². The Bertz CT molecular complexity index is 1240. The van der Waals surface area contributed by atoms with E-state index in [2.05, 4.69) is 29.9 Å². The number of fused-ring (bicyclic) bond motifs is 3. The van der Waals surface area contributed by atoms with Gasteiger partial charge in [0, 0.05) is 31.6 Å². The second kappa shape index (κ2) is 10.5. The van der Waals surface area contributed by atoms with E-state index in [0.717, 1.165) is 0 Å². The number of nitrogens with zero attached hydrogens (tertiary/aromatic N) is 6. The Morgan fingerprint density at radius 2 is 2.00 bits per heavy atom. The van der Waals surface area contributed by atoms with E-state index >= 15 is 0 Å². The summed E-state index contributed by atoms with van der Waals surface area (Å²) < 4.78 is 47.2. The molecular weight excluding hydrogens is 486 g/mol. The lowest BCUT2D eigenvalue weighted by Crippen LogP contribution is -2.26. The number of sulfonamides is 1. The summed E-state index contributed by atoms with van der Waals surface area (Å²) in [4.78, 5) is 12.3. The van der Waals surface area contributed by atoms with Crippen molar-refractivity contribution in [3.05, 3.63) is 35.5 Å². The lowest BCUT2D eigenvalue weighted by molar-refractivity contribution is 0.0928. The Morgan fingerprint density at radius 3 is 2.74 bits per heavy atom. The maximum Gasteiger partial charge on any atom is 0.257 e. The molecule has 0 bridgehead atoms. The van der Waals surface area contributed by atoms with E-state index < -0.39 is 16.1 Å². The number of anilines is 1. The highest BCUT2D eigenvalue weighted by atomic mass is 35.5. The molecule has 3 aromatic rings. The summed E-state index contributed by atoms with van der Waals surface area (Å²) in [6.07, 6.45) is 4.52. The number of ether oxygens (including phenoxy) is 3. The average molecular weight is 510 g/mol. The first-order valence-corrected chi connectivity index (χ1v) is 12.7. The van der Waals surface area contributed by atoms with Crippen molar-refractivity contribution in [2.45, 2.75) is 26.3 Å². The molecule has 0 amide bonds. The van der Waals surface area contributed by atoms with Crippen LogP contribution in [0.4, 0.5) is 5.95 Å². The van der Waals surface area contributed by atoms with Crippen LogP contribution in [0.2, 0.25) is 5.02 Å². The highest BCUT2D eigenvalue weighted by Gasteiger charge is 2.31. The molecular formula is C20H24ClN7O5S. The largest absolute Gasteiger partial charge is 0.485 e. The van der Waals surface area contributed by atoms with Gasteiger partial charge < -0.3 is 14.2 Å². The van der Waals surface area contributed by atoms with Crippen LogP contribution in [0.5, 0.6) is 11.6 Å². The number of pyridine rings is 1. The van der Waals surface area contributed by atoms with Crippen molar-refractivity contribution in [1.29, 1.82) is 0 Å². The fourth-order valence-electron chi connectivity index (χ4n) is 3.39. The first-order valence-electron chi connectivity index (χ1n) is 10.7. The molecule has 0 aromatic carbocycles. The van der Waals surface area contributed by atoms with Gasteiger partial charge in [-0.05, 0) is 19.9 Å². The van der Waals surface area contributed by atoms with E-state index in [9.17, 15) is 8.42 Å². The number of halogens is 1. The highest BCUT2D eigenvalue weighted by molar-refractivity contribution is 7.92. The van der Waals surface area contributed by atoms with E-state index in [1.54, 1.807) is 16.8 Å². The fourth-order valence-corrected chi connectivity index (χ4v) is 4.46. The zero-order valence-electron chi connectivity index (χ0n) is 18.6. The van der Waals surface area contributed by atoms with Gasteiger partial charge in [-0.3, -0.25) is 9.29 Å².